The molecule has 1 aliphatic heterocycles. The Kier molecular flexibility index (Phi) is 5.24. The van der Waals surface area contributed by atoms with E-state index in [-0.39, 0.29) is 17.9 Å². The summed E-state index contributed by atoms with van der Waals surface area (Å²) in [6.45, 7) is 2.06. The summed E-state index contributed by atoms with van der Waals surface area (Å²) in [5.41, 5.74) is 3.34. The van der Waals surface area contributed by atoms with Crippen molar-refractivity contribution in [1.29, 1.82) is 0 Å². The molecule has 4 heteroatoms. The third-order valence-electron chi connectivity index (χ3n) is 4.91. The van der Waals surface area contributed by atoms with Crippen LogP contribution >= 0.6 is 23.4 Å². The van der Waals surface area contributed by atoms with Gasteiger partial charge in [-0.3, -0.25) is 4.79 Å². The summed E-state index contributed by atoms with van der Waals surface area (Å²) in [6, 6.07) is 26.3. The van der Waals surface area contributed by atoms with Gasteiger partial charge in [0.15, 0.2) is 0 Å². The molecule has 4 rings (SSSR count). The summed E-state index contributed by atoms with van der Waals surface area (Å²) < 4.78 is 0. The highest BCUT2D eigenvalue weighted by Crippen LogP contribution is 2.45. The largest absolute Gasteiger partial charge is 0.304 e. The summed E-state index contributed by atoms with van der Waals surface area (Å²) >= 11 is 7.68. The van der Waals surface area contributed by atoms with Gasteiger partial charge in [-0.15, -0.1) is 11.8 Å². The molecule has 0 aromatic heterocycles. The molecule has 3 aromatic carbocycles. The van der Waals surface area contributed by atoms with Crippen molar-refractivity contribution in [3.05, 3.63) is 95.0 Å². The van der Waals surface area contributed by atoms with Crippen LogP contribution in [0.15, 0.2) is 83.8 Å². The minimum absolute atomic E-state index is 0.0330. The van der Waals surface area contributed by atoms with E-state index in [1.54, 1.807) is 11.8 Å². The maximum atomic E-state index is 13.0. The number of hydrogen-bond acceptors (Lipinski definition) is 2. The standard InChI is InChI=1S/C23H20ClNOS/c1-16-7-11-19(12-8-16)25-22(17-5-3-2-4-6-17)21(23(25)26)15-27-20-13-9-18(24)10-14-20/h2-14,21-22H,15H2,1H3/t21-,22-/m1/s1. The van der Waals surface area contributed by atoms with E-state index >= 15 is 0 Å². The smallest absolute Gasteiger partial charge is 0.233 e. The molecule has 0 radical (unpaired) electrons. The van der Waals surface area contributed by atoms with Crippen molar-refractivity contribution in [2.24, 2.45) is 5.92 Å². The number of nitrogens with zero attached hydrogens (tertiary/aromatic N) is 1. The van der Waals surface area contributed by atoms with Crippen molar-refractivity contribution < 1.29 is 4.79 Å². The van der Waals surface area contributed by atoms with Crippen LogP contribution < -0.4 is 4.90 Å². The third-order valence-corrected chi connectivity index (χ3v) is 6.29. The number of amides is 1. The van der Waals surface area contributed by atoms with E-state index in [2.05, 4.69) is 31.2 Å². The van der Waals surface area contributed by atoms with Gasteiger partial charge in [-0.05, 0) is 48.9 Å². The zero-order valence-electron chi connectivity index (χ0n) is 15.0. The van der Waals surface area contributed by atoms with Gasteiger partial charge < -0.3 is 4.90 Å². The lowest BCUT2D eigenvalue weighted by Gasteiger charge is -2.47. The molecule has 0 bridgehead atoms. The van der Waals surface area contributed by atoms with Crippen molar-refractivity contribution in [3.63, 3.8) is 0 Å². The average Bonchev–Trinajstić information content (AvgIpc) is 2.69. The van der Waals surface area contributed by atoms with E-state index in [4.69, 9.17) is 11.6 Å². The molecule has 0 spiro atoms. The van der Waals surface area contributed by atoms with E-state index in [0.717, 1.165) is 21.4 Å². The number of carbonyl (C=O) groups is 1. The molecule has 0 unspecified atom stereocenters. The highest BCUT2D eigenvalue weighted by molar-refractivity contribution is 7.99. The number of anilines is 1. The fraction of sp³-hybridized carbons (Fsp3) is 0.174. The van der Waals surface area contributed by atoms with Crippen molar-refractivity contribution in [2.45, 2.75) is 17.9 Å². The topological polar surface area (TPSA) is 20.3 Å². The Morgan fingerprint density at radius 3 is 2.26 bits per heavy atom. The molecule has 136 valence electrons. The van der Waals surface area contributed by atoms with Crippen LogP contribution in [0.2, 0.25) is 5.02 Å². The Morgan fingerprint density at radius 1 is 0.926 bits per heavy atom. The minimum Gasteiger partial charge on any atom is -0.304 e. The van der Waals surface area contributed by atoms with Gasteiger partial charge in [-0.2, -0.15) is 0 Å². The van der Waals surface area contributed by atoms with Crippen LogP contribution in [0.25, 0.3) is 0 Å². The Balaban J connectivity index is 1.58. The number of benzene rings is 3. The molecule has 3 aromatic rings. The van der Waals surface area contributed by atoms with Gasteiger partial charge in [0.25, 0.3) is 0 Å². The first kappa shape index (κ1) is 18.1. The summed E-state index contributed by atoms with van der Waals surface area (Å²) in [6.07, 6.45) is 0. The molecule has 1 amide bonds. The zero-order valence-corrected chi connectivity index (χ0v) is 16.6. The lowest BCUT2D eigenvalue weighted by molar-refractivity contribution is -0.129. The number of aryl methyl sites for hydroxylation is 1. The van der Waals surface area contributed by atoms with E-state index in [1.165, 1.54) is 11.1 Å². The molecule has 1 heterocycles. The zero-order chi connectivity index (χ0) is 18.8. The molecular formula is C23H20ClNOS. The Labute approximate surface area is 169 Å². The number of β-lactam (4-membered cyclic amide) rings is 1. The van der Waals surface area contributed by atoms with Crippen molar-refractivity contribution in [2.75, 3.05) is 10.7 Å². The molecule has 1 saturated heterocycles. The minimum atomic E-state index is -0.0330. The summed E-state index contributed by atoms with van der Waals surface area (Å²) in [5, 5.41) is 0.728. The second-order valence-electron chi connectivity index (χ2n) is 6.77. The number of thioether (sulfide) groups is 1. The van der Waals surface area contributed by atoms with Crippen molar-refractivity contribution in [1.82, 2.24) is 0 Å². The van der Waals surface area contributed by atoms with Gasteiger partial charge in [0.2, 0.25) is 5.91 Å². The van der Waals surface area contributed by atoms with Crippen LogP contribution in [-0.2, 0) is 4.79 Å². The summed E-state index contributed by atoms with van der Waals surface area (Å²) in [4.78, 5) is 16.1. The molecule has 2 atom stereocenters. The van der Waals surface area contributed by atoms with E-state index < -0.39 is 0 Å². The Morgan fingerprint density at radius 2 is 1.59 bits per heavy atom. The van der Waals surface area contributed by atoms with Crippen LogP contribution in [0.4, 0.5) is 5.69 Å². The summed E-state index contributed by atoms with van der Waals surface area (Å²) in [7, 11) is 0. The SMILES string of the molecule is Cc1ccc(N2C(=O)[C@H](CSc3ccc(Cl)cc3)[C@H]2c2ccccc2)cc1. The molecule has 2 nitrogen and oxygen atoms in total. The quantitative estimate of drug-likeness (QED) is 0.383. The fourth-order valence-corrected chi connectivity index (χ4v) is 4.60. The first-order chi connectivity index (χ1) is 13.1. The normalized spacial score (nSPS) is 19.0. The molecule has 27 heavy (non-hydrogen) atoms. The average molecular weight is 394 g/mol. The van der Waals surface area contributed by atoms with Gasteiger partial charge in [0.1, 0.15) is 0 Å². The second kappa shape index (κ2) is 7.79. The van der Waals surface area contributed by atoms with Crippen LogP contribution in [0.3, 0.4) is 0 Å². The number of carbonyl (C=O) groups excluding carboxylic acids is 1. The molecule has 0 aliphatic carbocycles. The van der Waals surface area contributed by atoms with Gasteiger partial charge in [0.05, 0.1) is 12.0 Å². The predicted octanol–water partition coefficient (Wildman–Crippen LogP) is 6.14. The van der Waals surface area contributed by atoms with Crippen LogP contribution in [0.5, 0.6) is 0 Å². The Bertz CT molecular complexity index is 925. The number of halogens is 1. The van der Waals surface area contributed by atoms with E-state index in [0.29, 0.717) is 0 Å². The van der Waals surface area contributed by atoms with Gasteiger partial charge >= 0.3 is 0 Å². The molecule has 0 N–H and O–H groups in total. The fourth-order valence-electron chi connectivity index (χ4n) is 3.45. The Hall–Kier alpha value is -2.23. The van der Waals surface area contributed by atoms with Gasteiger partial charge in [0, 0.05) is 21.4 Å². The van der Waals surface area contributed by atoms with Gasteiger partial charge in [-0.25, -0.2) is 0 Å². The highest BCUT2D eigenvalue weighted by atomic mass is 35.5. The first-order valence-electron chi connectivity index (χ1n) is 8.96. The second-order valence-corrected chi connectivity index (χ2v) is 8.30. The molecule has 1 fully saturated rings. The lowest BCUT2D eigenvalue weighted by Crippen LogP contribution is -2.56. The van der Waals surface area contributed by atoms with Crippen molar-refractivity contribution in [3.8, 4) is 0 Å². The van der Waals surface area contributed by atoms with Gasteiger partial charge in [-0.1, -0.05) is 59.6 Å². The number of hydrogen-bond donors (Lipinski definition) is 0. The molecule has 0 saturated carbocycles. The van der Waals surface area contributed by atoms with Crippen molar-refractivity contribution >= 4 is 35.0 Å². The first-order valence-corrected chi connectivity index (χ1v) is 10.3. The molecule has 1 aliphatic rings. The van der Waals surface area contributed by atoms with Crippen LogP contribution in [-0.4, -0.2) is 11.7 Å². The summed E-state index contributed by atoms with van der Waals surface area (Å²) in [5.74, 6) is 0.908. The maximum Gasteiger partial charge on any atom is 0.233 e. The predicted molar refractivity (Wildman–Crippen MR) is 114 cm³/mol. The third kappa shape index (κ3) is 3.76. The number of rotatable bonds is 5. The van der Waals surface area contributed by atoms with E-state index in [1.807, 2.05) is 59.5 Å². The lowest BCUT2D eigenvalue weighted by atomic mass is 9.83. The monoisotopic (exact) mass is 393 g/mol. The highest BCUT2D eigenvalue weighted by Gasteiger charge is 2.48. The maximum absolute atomic E-state index is 13.0. The van der Waals surface area contributed by atoms with E-state index in [9.17, 15) is 4.79 Å². The van der Waals surface area contributed by atoms with Crippen LogP contribution in [0, 0.1) is 12.8 Å². The molecular weight excluding hydrogens is 374 g/mol. The van der Waals surface area contributed by atoms with Crippen LogP contribution in [0.1, 0.15) is 17.2 Å².